The fraction of sp³-hybridized carbons (Fsp3) is 0.381. The first-order valence-electron chi connectivity index (χ1n) is 9.29. The van der Waals surface area contributed by atoms with Crippen LogP contribution in [0.15, 0.2) is 41.6 Å². The quantitative estimate of drug-likeness (QED) is 0.426. The number of benzene rings is 2. The lowest BCUT2D eigenvalue weighted by Gasteiger charge is -2.07. The van der Waals surface area contributed by atoms with Crippen LogP contribution in [-0.2, 0) is 12.8 Å². The Morgan fingerprint density at radius 1 is 0.741 bits per heavy atom. The normalized spacial score (nSPS) is 13.6. The monoisotopic (exact) mass is 369 g/mol. The van der Waals surface area contributed by atoms with Gasteiger partial charge in [-0.1, -0.05) is 17.3 Å². The van der Waals surface area contributed by atoms with E-state index in [-0.39, 0.29) is 0 Å². The summed E-state index contributed by atoms with van der Waals surface area (Å²) in [6.07, 6.45) is 5.26. The third-order valence-electron chi connectivity index (χ3n) is 4.88. The largest absolute Gasteiger partial charge is 0.454 e. The predicted octanol–water partition coefficient (Wildman–Crippen LogP) is 4.32. The van der Waals surface area contributed by atoms with Crippen molar-refractivity contribution in [3.63, 3.8) is 0 Å². The Morgan fingerprint density at radius 2 is 1.22 bits per heavy atom. The van der Waals surface area contributed by atoms with Crippen LogP contribution in [0.5, 0.6) is 23.0 Å². The van der Waals surface area contributed by atoms with Gasteiger partial charge in [-0.2, -0.15) is 0 Å². The van der Waals surface area contributed by atoms with Crippen molar-refractivity contribution in [2.24, 2.45) is 5.16 Å². The third kappa shape index (κ3) is 4.27. The van der Waals surface area contributed by atoms with Crippen LogP contribution in [0.4, 0.5) is 0 Å². The molecule has 2 aliphatic heterocycles. The molecule has 0 amide bonds. The standard InChI is InChI=1S/C21H23NO5/c23-22-17(5-1-3-15-7-9-18-20(11-15)26-13-24-18)6-2-4-16-8-10-19-21(12-16)27-14-25-19/h7-12,23H,1-6,13-14H2. The Balaban J connectivity index is 1.20. The second-order valence-electron chi connectivity index (χ2n) is 6.75. The number of rotatable bonds is 8. The van der Waals surface area contributed by atoms with Crippen molar-refractivity contribution in [1.82, 2.24) is 0 Å². The Bertz CT molecular complexity index is 768. The van der Waals surface area contributed by atoms with Gasteiger partial charge in [-0.15, -0.1) is 0 Å². The van der Waals surface area contributed by atoms with Crippen molar-refractivity contribution in [3.8, 4) is 23.0 Å². The molecule has 0 atom stereocenters. The summed E-state index contributed by atoms with van der Waals surface area (Å²) < 4.78 is 21.5. The van der Waals surface area contributed by atoms with Gasteiger partial charge in [0.25, 0.3) is 0 Å². The molecule has 2 heterocycles. The summed E-state index contributed by atoms with van der Waals surface area (Å²) in [7, 11) is 0. The Labute approximate surface area is 158 Å². The molecule has 0 saturated heterocycles. The topological polar surface area (TPSA) is 69.5 Å². The number of hydrogen-bond donors (Lipinski definition) is 1. The van der Waals surface area contributed by atoms with E-state index in [1.807, 2.05) is 24.3 Å². The van der Waals surface area contributed by atoms with Crippen LogP contribution in [-0.4, -0.2) is 24.5 Å². The minimum absolute atomic E-state index is 0.295. The van der Waals surface area contributed by atoms with Gasteiger partial charge in [-0.25, -0.2) is 0 Å². The molecule has 0 fully saturated rings. The van der Waals surface area contributed by atoms with Crippen LogP contribution < -0.4 is 18.9 Å². The van der Waals surface area contributed by atoms with Crippen LogP contribution >= 0.6 is 0 Å². The molecule has 0 aliphatic carbocycles. The van der Waals surface area contributed by atoms with E-state index in [9.17, 15) is 5.21 Å². The SMILES string of the molecule is ON=C(CCCc1ccc2c(c1)OCO2)CCCc1ccc2c(c1)OCO2. The highest BCUT2D eigenvalue weighted by Gasteiger charge is 2.14. The molecule has 0 saturated carbocycles. The van der Waals surface area contributed by atoms with Gasteiger partial charge in [0, 0.05) is 0 Å². The smallest absolute Gasteiger partial charge is 0.231 e. The highest BCUT2D eigenvalue weighted by atomic mass is 16.7. The van der Waals surface area contributed by atoms with E-state index in [1.54, 1.807) is 0 Å². The van der Waals surface area contributed by atoms with Gasteiger partial charge < -0.3 is 24.2 Å². The lowest BCUT2D eigenvalue weighted by Crippen LogP contribution is -2.01. The minimum Gasteiger partial charge on any atom is -0.454 e. The molecule has 4 rings (SSSR count). The zero-order valence-corrected chi connectivity index (χ0v) is 15.1. The molecule has 0 unspecified atom stereocenters. The van der Waals surface area contributed by atoms with Crippen molar-refractivity contribution in [2.75, 3.05) is 13.6 Å². The molecule has 27 heavy (non-hydrogen) atoms. The number of oxime groups is 1. The maximum atomic E-state index is 9.29. The van der Waals surface area contributed by atoms with Crippen molar-refractivity contribution in [3.05, 3.63) is 47.5 Å². The predicted molar refractivity (Wildman–Crippen MR) is 100 cm³/mol. The van der Waals surface area contributed by atoms with Crippen molar-refractivity contribution >= 4 is 5.71 Å². The van der Waals surface area contributed by atoms with Gasteiger partial charge in [0.1, 0.15) is 0 Å². The molecule has 142 valence electrons. The maximum Gasteiger partial charge on any atom is 0.231 e. The van der Waals surface area contributed by atoms with E-state index in [0.717, 1.165) is 67.2 Å². The summed E-state index contributed by atoms with van der Waals surface area (Å²) in [6, 6.07) is 12.1. The first kappa shape index (κ1) is 17.5. The van der Waals surface area contributed by atoms with Crippen LogP contribution in [0.1, 0.15) is 36.8 Å². The summed E-state index contributed by atoms with van der Waals surface area (Å²) in [5.74, 6) is 3.24. The van der Waals surface area contributed by atoms with Crippen LogP contribution in [0, 0.1) is 0 Å². The van der Waals surface area contributed by atoms with Crippen LogP contribution in [0.3, 0.4) is 0 Å². The lowest BCUT2D eigenvalue weighted by atomic mass is 10.0. The molecule has 0 bridgehead atoms. The van der Waals surface area contributed by atoms with Crippen LogP contribution in [0.2, 0.25) is 0 Å². The summed E-state index contributed by atoms with van der Waals surface area (Å²) in [6.45, 7) is 0.590. The molecule has 2 aromatic carbocycles. The molecule has 2 aliphatic rings. The molecular formula is C21H23NO5. The fourth-order valence-electron chi connectivity index (χ4n) is 3.41. The second kappa shape index (κ2) is 8.20. The Hall–Kier alpha value is -2.89. The van der Waals surface area contributed by atoms with Gasteiger partial charge in [-0.3, -0.25) is 0 Å². The molecule has 2 aromatic rings. The molecule has 0 spiro atoms. The summed E-state index contributed by atoms with van der Waals surface area (Å²) in [5, 5.41) is 12.8. The first-order valence-corrected chi connectivity index (χ1v) is 9.29. The fourth-order valence-corrected chi connectivity index (χ4v) is 3.41. The van der Waals surface area contributed by atoms with Crippen molar-refractivity contribution in [1.29, 1.82) is 0 Å². The minimum atomic E-state index is 0.295. The number of hydrogen-bond acceptors (Lipinski definition) is 6. The second-order valence-corrected chi connectivity index (χ2v) is 6.75. The highest BCUT2D eigenvalue weighted by molar-refractivity contribution is 5.83. The summed E-state index contributed by atoms with van der Waals surface area (Å²) in [5.41, 5.74) is 3.25. The molecule has 0 radical (unpaired) electrons. The van der Waals surface area contributed by atoms with Gasteiger partial charge in [-0.05, 0) is 73.9 Å². The van der Waals surface area contributed by atoms with Crippen molar-refractivity contribution < 1.29 is 24.2 Å². The van der Waals surface area contributed by atoms with Gasteiger partial charge in [0.05, 0.1) is 5.71 Å². The molecule has 6 heteroatoms. The van der Waals surface area contributed by atoms with Crippen molar-refractivity contribution in [2.45, 2.75) is 38.5 Å². The molecule has 1 N–H and O–H groups in total. The number of nitrogens with zero attached hydrogens (tertiary/aromatic N) is 1. The Morgan fingerprint density at radius 3 is 1.70 bits per heavy atom. The van der Waals surface area contributed by atoms with E-state index in [0.29, 0.717) is 13.6 Å². The number of fused-ring (bicyclic) bond motifs is 2. The average molecular weight is 369 g/mol. The maximum absolute atomic E-state index is 9.29. The van der Waals surface area contributed by atoms with E-state index in [4.69, 9.17) is 18.9 Å². The zero-order valence-electron chi connectivity index (χ0n) is 15.1. The zero-order chi connectivity index (χ0) is 18.5. The van der Waals surface area contributed by atoms with Gasteiger partial charge >= 0.3 is 0 Å². The number of aryl methyl sites for hydroxylation is 2. The van der Waals surface area contributed by atoms with Gasteiger partial charge in [0.2, 0.25) is 13.6 Å². The molecule has 6 nitrogen and oxygen atoms in total. The average Bonchev–Trinajstić information content (AvgIpc) is 3.35. The van der Waals surface area contributed by atoms with E-state index in [2.05, 4.69) is 17.3 Å². The van der Waals surface area contributed by atoms with Gasteiger partial charge in [0.15, 0.2) is 23.0 Å². The summed E-state index contributed by atoms with van der Waals surface area (Å²) in [4.78, 5) is 0. The van der Waals surface area contributed by atoms with E-state index >= 15 is 0 Å². The lowest BCUT2D eigenvalue weighted by molar-refractivity contribution is 0.173. The first-order chi connectivity index (χ1) is 13.3. The third-order valence-corrected chi connectivity index (χ3v) is 4.88. The summed E-state index contributed by atoms with van der Waals surface area (Å²) >= 11 is 0. The van der Waals surface area contributed by atoms with Crippen LogP contribution in [0.25, 0.3) is 0 Å². The molecule has 0 aromatic heterocycles. The number of ether oxygens (including phenoxy) is 4. The highest BCUT2D eigenvalue weighted by Crippen LogP contribution is 2.33. The Kier molecular flexibility index (Phi) is 5.32. The molecular weight excluding hydrogens is 346 g/mol. The van der Waals surface area contributed by atoms with E-state index < -0.39 is 0 Å². The van der Waals surface area contributed by atoms with E-state index in [1.165, 1.54) is 11.1 Å².